The van der Waals surface area contributed by atoms with Crippen LogP contribution in [-0.4, -0.2) is 16.1 Å². The summed E-state index contributed by atoms with van der Waals surface area (Å²) in [4.78, 5) is 16.4. The Bertz CT molecular complexity index is 708. The minimum absolute atomic E-state index is 0.131. The van der Waals surface area contributed by atoms with Gasteiger partial charge in [0.15, 0.2) is 4.34 Å². The summed E-state index contributed by atoms with van der Waals surface area (Å²) in [6, 6.07) is 6.79. The Morgan fingerprint density at radius 3 is 2.90 bits per heavy atom. The van der Waals surface area contributed by atoms with Crippen molar-refractivity contribution < 1.29 is 4.79 Å². The molecular formula is C14H12ClN3OS2. The van der Waals surface area contributed by atoms with E-state index in [1.807, 2.05) is 25.3 Å². The van der Waals surface area contributed by atoms with Crippen LogP contribution in [0.4, 0.5) is 5.69 Å². The fourth-order valence-corrected chi connectivity index (χ4v) is 3.73. The van der Waals surface area contributed by atoms with E-state index in [0.717, 1.165) is 10.0 Å². The highest BCUT2D eigenvalue weighted by atomic mass is 35.5. The van der Waals surface area contributed by atoms with Crippen LogP contribution in [0.5, 0.6) is 0 Å². The predicted molar refractivity (Wildman–Crippen MR) is 87.0 cm³/mol. The van der Waals surface area contributed by atoms with E-state index in [9.17, 15) is 4.79 Å². The van der Waals surface area contributed by atoms with Crippen molar-refractivity contribution in [2.24, 2.45) is 0 Å². The van der Waals surface area contributed by atoms with E-state index in [0.29, 0.717) is 16.3 Å². The number of amides is 1. The SMILES string of the molecule is Cc1csc(S[C@@H](C)C(=O)Nc2ccc(C#N)c(Cl)c2)n1. The number of anilines is 1. The maximum Gasteiger partial charge on any atom is 0.237 e. The number of carbonyl (C=O) groups excluding carboxylic acids is 1. The van der Waals surface area contributed by atoms with Gasteiger partial charge in [-0.15, -0.1) is 11.3 Å². The van der Waals surface area contributed by atoms with Gasteiger partial charge in [0.2, 0.25) is 5.91 Å². The number of aryl methyl sites for hydroxylation is 1. The lowest BCUT2D eigenvalue weighted by atomic mass is 10.2. The van der Waals surface area contributed by atoms with Crippen LogP contribution in [0, 0.1) is 18.3 Å². The number of hydrogen-bond acceptors (Lipinski definition) is 5. The summed E-state index contributed by atoms with van der Waals surface area (Å²) >= 11 is 8.88. The number of halogens is 1. The average molecular weight is 338 g/mol. The van der Waals surface area contributed by atoms with Gasteiger partial charge in [-0.05, 0) is 32.0 Å². The third-order valence-corrected chi connectivity index (χ3v) is 5.10. The predicted octanol–water partition coefficient (Wildman–Crippen LogP) is 4.10. The van der Waals surface area contributed by atoms with Gasteiger partial charge < -0.3 is 5.32 Å². The average Bonchev–Trinajstić information content (AvgIpc) is 2.84. The molecule has 1 heterocycles. The Hall–Kier alpha value is -1.55. The highest BCUT2D eigenvalue weighted by molar-refractivity contribution is 8.02. The molecular weight excluding hydrogens is 326 g/mol. The van der Waals surface area contributed by atoms with Gasteiger partial charge in [0, 0.05) is 16.8 Å². The number of thiazole rings is 1. The van der Waals surface area contributed by atoms with Crippen molar-refractivity contribution in [1.29, 1.82) is 5.26 Å². The lowest BCUT2D eigenvalue weighted by molar-refractivity contribution is -0.115. The zero-order valence-corrected chi connectivity index (χ0v) is 13.8. The molecule has 4 nitrogen and oxygen atoms in total. The van der Waals surface area contributed by atoms with Gasteiger partial charge in [0.05, 0.1) is 15.8 Å². The number of nitrogens with zero attached hydrogens (tertiary/aromatic N) is 2. The minimum Gasteiger partial charge on any atom is -0.325 e. The van der Waals surface area contributed by atoms with Gasteiger partial charge in [-0.2, -0.15) is 5.26 Å². The van der Waals surface area contributed by atoms with E-state index >= 15 is 0 Å². The van der Waals surface area contributed by atoms with Gasteiger partial charge in [0.1, 0.15) is 6.07 Å². The molecule has 7 heteroatoms. The summed E-state index contributed by atoms with van der Waals surface area (Å²) in [6.45, 7) is 3.74. The Kier molecular flexibility index (Phi) is 5.23. The number of hydrogen-bond donors (Lipinski definition) is 1. The molecule has 0 radical (unpaired) electrons. The summed E-state index contributed by atoms with van der Waals surface area (Å²) in [7, 11) is 0. The van der Waals surface area contributed by atoms with Crippen molar-refractivity contribution in [3.63, 3.8) is 0 Å². The van der Waals surface area contributed by atoms with Crippen molar-refractivity contribution in [2.75, 3.05) is 5.32 Å². The number of carbonyl (C=O) groups is 1. The number of nitriles is 1. The van der Waals surface area contributed by atoms with Crippen molar-refractivity contribution in [3.05, 3.63) is 39.9 Å². The van der Waals surface area contributed by atoms with Crippen LogP contribution in [-0.2, 0) is 4.79 Å². The van der Waals surface area contributed by atoms with E-state index in [4.69, 9.17) is 16.9 Å². The van der Waals surface area contributed by atoms with Crippen molar-refractivity contribution in [1.82, 2.24) is 4.98 Å². The number of nitrogens with one attached hydrogen (secondary N) is 1. The van der Waals surface area contributed by atoms with Crippen molar-refractivity contribution in [2.45, 2.75) is 23.4 Å². The topological polar surface area (TPSA) is 65.8 Å². The van der Waals surface area contributed by atoms with Crippen LogP contribution in [0.25, 0.3) is 0 Å². The van der Waals surface area contributed by atoms with Gasteiger partial charge in [-0.1, -0.05) is 23.4 Å². The van der Waals surface area contributed by atoms with Gasteiger partial charge in [-0.25, -0.2) is 4.98 Å². The number of rotatable bonds is 4. The zero-order chi connectivity index (χ0) is 15.4. The summed E-state index contributed by atoms with van der Waals surface area (Å²) in [5.41, 5.74) is 1.91. The normalized spacial score (nSPS) is 11.7. The molecule has 0 aliphatic heterocycles. The highest BCUT2D eigenvalue weighted by Gasteiger charge is 2.16. The smallest absolute Gasteiger partial charge is 0.237 e. The second kappa shape index (κ2) is 6.94. The molecule has 1 amide bonds. The Balaban J connectivity index is 2.00. The minimum atomic E-state index is -0.273. The van der Waals surface area contributed by atoms with E-state index in [2.05, 4.69) is 10.3 Å². The molecule has 0 aliphatic carbocycles. The fraction of sp³-hybridized carbons (Fsp3) is 0.214. The molecule has 0 unspecified atom stereocenters. The molecule has 108 valence electrons. The molecule has 2 aromatic rings. The molecule has 21 heavy (non-hydrogen) atoms. The van der Waals surface area contributed by atoms with Crippen LogP contribution < -0.4 is 5.32 Å². The highest BCUT2D eigenvalue weighted by Crippen LogP contribution is 2.27. The van der Waals surface area contributed by atoms with Crippen LogP contribution in [0.3, 0.4) is 0 Å². The molecule has 0 bridgehead atoms. The fourth-order valence-electron chi connectivity index (χ4n) is 1.52. The number of aromatic nitrogens is 1. The first kappa shape index (κ1) is 15.8. The second-order valence-electron chi connectivity index (χ2n) is 4.31. The molecule has 1 aromatic carbocycles. The number of benzene rings is 1. The Labute approximate surface area is 136 Å². The second-order valence-corrected chi connectivity index (χ2v) is 7.16. The maximum absolute atomic E-state index is 12.1. The van der Waals surface area contributed by atoms with Crippen LogP contribution in [0.15, 0.2) is 27.9 Å². The third kappa shape index (κ3) is 4.21. The maximum atomic E-state index is 12.1. The third-order valence-electron chi connectivity index (χ3n) is 2.60. The van der Waals surface area contributed by atoms with Crippen molar-refractivity contribution >= 4 is 46.3 Å². The first-order valence-electron chi connectivity index (χ1n) is 6.09. The summed E-state index contributed by atoms with van der Waals surface area (Å²) in [5.74, 6) is -0.131. The standard InChI is InChI=1S/C14H12ClN3OS2/c1-8-7-20-14(17-8)21-9(2)13(19)18-11-4-3-10(6-16)12(15)5-11/h3-5,7,9H,1-2H3,(H,18,19)/t9-/m0/s1. The largest absolute Gasteiger partial charge is 0.325 e. The monoisotopic (exact) mass is 337 g/mol. The lowest BCUT2D eigenvalue weighted by Gasteiger charge is -2.11. The molecule has 0 spiro atoms. The summed E-state index contributed by atoms with van der Waals surface area (Å²) < 4.78 is 0.869. The van der Waals surface area contributed by atoms with E-state index < -0.39 is 0 Å². The van der Waals surface area contributed by atoms with Crippen LogP contribution in [0.1, 0.15) is 18.2 Å². The summed E-state index contributed by atoms with van der Waals surface area (Å²) in [6.07, 6.45) is 0. The van der Waals surface area contributed by atoms with Crippen molar-refractivity contribution in [3.8, 4) is 6.07 Å². The zero-order valence-electron chi connectivity index (χ0n) is 11.4. The first-order chi connectivity index (χ1) is 9.99. The molecule has 2 rings (SSSR count). The molecule has 1 N–H and O–H groups in total. The molecule has 0 saturated carbocycles. The molecule has 0 aliphatic rings. The van der Waals surface area contributed by atoms with Gasteiger partial charge in [0.25, 0.3) is 0 Å². The van der Waals surface area contributed by atoms with Crippen LogP contribution in [0.2, 0.25) is 5.02 Å². The quantitative estimate of drug-likeness (QED) is 0.853. The van der Waals surface area contributed by atoms with Gasteiger partial charge >= 0.3 is 0 Å². The first-order valence-corrected chi connectivity index (χ1v) is 8.22. The molecule has 1 atom stereocenters. The Morgan fingerprint density at radius 1 is 1.57 bits per heavy atom. The molecule has 0 saturated heterocycles. The molecule has 1 aromatic heterocycles. The van der Waals surface area contributed by atoms with E-state index in [1.54, 1.807) is 18.2 Å². The Morgan fingerprint density at radius 2 is 2.33 bits per heavy atom. The number of thioether (sulfide) groups is 1. The van der Waals surface area contributed by atoms with E-state index in [1.165, 1.54) is 23.1 Å². The molecule has 0 fully saturated rings. The van der Waals surface area contributed by atoms with E-state index in [-0.39, 0.29) is 11.2 Å². The van der Waals surface area contributed by atoms with Gasteiger partial charge in [-0.3, -0.25) is 4.79 Å². The summed E-state index contributed by atoms with van der Waals surface area (Å²) in [5, 5.41) is 13.6. The lowest BCUT2D eigenvalue weighted by Crippen LogP contribution is -2.22. The van der Waals surface area contributed by atoms with Crippen LogP contribution >= 0.6 is 34.7 Å².